The van der Waals surface area contributed by atoms with Crippen LogP contribution >= 0.6 is 0 Å². The standard InChI is InChI=1S/C13H15F6NO/c1-2-20-11(6-21-7-13(18,19)12(16)17)8-3-9(14)5-10(15)4-8/h3-5,11-12,20H,2,6-7H2,1H3. The summed E-state index contributed by atoms with van der Waals surface area (Å²) in [6, 6.07) is 1.92. The Hall–Kier alpha value is -1.28. The molecule has 0 aliphatic rings. The number of hydrogen-bond acceptors (Lipinski definition) is 2. The fraction of sp³-hybridized carbons (Fsp3) is 0.538. The maximum absolute atomic E-state index is 13.1. The molecule has 1 rings (SSSR count). The van der Waals surface area contributed by atoms with Crippen LogP contribution in [-0.2, 0) is 4.74 Å². The van der Waals surface area contributed by atoms with Crippen molar-refractivity contribution in [1.82, 2.24) is 5.32 Å². The zero-order chi connectivity index (χ0) is 16.0. The molecule has 2 nitrogen and oxygen atoms in total. The smallest absolute Gasteiger partial charge is 0.330 e. The molecule has 0 amide bonds. The van der Waals surface area contributed by atoms with Crippen molar-refractivity contribution in [3.8, 4) is 0 Å². The Bertz CT molecular complexity index is 434. The second-order valence-electron chi connectivity index (χ2n) is 4.39. The Kier molecular flexibility index (Phi) is 6.47. The normalized spacial score (nSPS) is 13.7. The first-order valence-corrected chi connectivity index (χ1v) is 6.19. The van der Waals surface area contributed by atoms with Gasteiger partial charge in [-0.1, -0.05) is 6.92 Å². The molecule has 0 aliphatic heterocycles. The molecule has 21 heavy (non-hydrogen) atoms. The highest BCUT2D eigenvalue weighted by molar-refractivity contribution is 5.21. The summed E-state index contributed by atoms with van der Waals surface area (Å²) in [4.78, 5) is 0. The van der Waals surface area contributed by atoms with E-state index < -0.39 is 43.2 Å². The highest BCUT2D eigenvalue weighted by Crippen LogP contribution is 2.24. The van der Waals surface area contributed by atoms with Gasteiger partial charge in [-0.25, -0.2) is 17.6 Å². The lowest BCUT2D eigenvalue weighted by Gasteiger charge is -2.21. The van der Waals surface area contributed by atoms with E-state index in [0.717, 1.165) is 12.1 Å². The molecular formula is C13H15F6NO. The molecule has 0 heterocycles. The van der Waals surface area contributed by atoms with Crippen LogP contribution in [0.2, 0.25) is 0 Å². The second kappa shape index (κ2) is 7.65. The number of alkyl halides is 4. The van der Waals surface area contributed by atoms with Crippen LogP contribution in [-0.4, -0.2) is 32.1 Å². The van der Waals surface area contributed by atoms with E-state index in [1.807, 2.05) is 0 Å². The van der Waals surface area contributed by atoms with Gasteiger partial charge >= 0.3 is 12.3 Å². The van der Waals surface area contributed by atoms with E-state index in [4.69, 9.17) is 0 Å². The van der Waals surface area contributed by atoms with Crippen LogP contribution in [0.4, 0.5) is 26.3 Å². The number of halogens is 6. The van der Waals surface area contributed by atoms with Crippen molar-refractivity contribution in [2.75, 3.05) is 19.8 Å². The summed E-state index contributed by atoms with van der Waals surface area (Å²) in [5.74, 6) is -5.92. The van der Waals surface area contributed by atoms with Crippen LogP contribution in [0.15, 0.2) is 18.2 Å². The summed E-state index contributed by atoms with van der Waals surface area (Å²) >= 11 is 0. The van der Waals surface area contributed by atoms with E-state index in [2.05, 4.69) is 10.1 Å². The third-order valence-corrected chi connectivity index (χ3v) is 2.64. The largest absolute Gasteiger partial charge is 0.373 e. The van der Waals surface area contributed by atoms with Gasteiger partial charge in [-0.2, -0.15) is 8.78 Å². The van der Waals surface area contributed by atoms with E-state index in [0.29, 0.717) is 12.6 Å². The Morgan fingerprint density at radius 2 is 1.71 bits per heavy atom. The third-order valence-electron chi connectivity index (χ3n) is 2.64. The van der Waals surface area contributed by atoms with Gasteiger partial charge in [0.1, 0.15) is 18.2 Å². The minimum absolute atomic E-state index is 0.148. The number of nitrogens with one attached hydrogen (secondary N) is 1. The first-order valence-electron chi connectivity index (χ1n) is 6.19. The van der Waals surface area contributed by atoms with Gasteiger partial charge in [0.15, 0.2) is 0 Å². The van der Waals surface area contributed by atoms with Crippen LogP contribution in [0.3, 0.4) is 0 Å². The van der Waals surface area contributed by atoms with Gasteiger partial charge in [-0.15, -0.1) is 0 Å². The highest BCUT2D eigenvalue weighted by atomic mass is 19.3. The maximum Gasteiger partial charge on any atom is 0.330 e. The van der Waals surface area contributed by atoms with Gasteiger partial charge < -0.3 is 10.1 Å². The van der Waals surface area contributed by atoms with Gasteiger partial charge in [0.05, 0.1) is 12.6 Å². The Morgan fingerprint density at radius 1 is 1.14 bits per heavy atom. The summed E-state index contributed by atoms with van der Waals surface area (Å²) in [6.07, 6.45) is -3.83. The Morgan fingerprint density at radius 3 is 2.19 bits per heavy atom. The van der Waals surface area contributed by atoms with Crippen LogP contribution in [0, 0.1) is 11.6 Å². The molecule has 1 aromatic carbocycles. The summed E-state index contributed by atoms with van der Waals surface area (Å²) < 4.78 is 80.1. The summed E-state index contributed by atoms with van der Waals surface area (Å²) in [7, 11) is 0. The van der Waals surface area contributed by atoms with E-state index in [1.54, 1.807) is 6.92 Å². The second-order valence-corrected chi connectivity index (χ2v) is 4.39. The van der Waals surface area contributed by atoms with Gasteiger partial charge in [-0.3, -0.25) is 0 Å². The molecule has 1 unspecified atom stereocenters. The van der Waals surface area contributed by atoms with Crippen molar-refractivity contribution in [3.05, 3.63) is 35.4 Å². The van der Waals surface area contributed by atoms with Crippen molar-refractivity contribution in [3.63, 3.8) is 0 Å². The molecule has 0 saturated heterocycles. The summed E-state index contributed by atoms with van der Waals surface area (Å²) in [6.45, 7) is 0.178. The molecular weight excluding hydrogens is 300 g/mol. The topological polar surface area (TPSA) is 21.3 Å². The van der Waals surface area contributed by atoms with Crippen molar-refractivity contribution < 1.29 is 31.1 Å². The molecule has 0 bridgehead atoms. The minimum Gasteiger partial charge on any atom is -0.373 e. The van der Waals surface area contributed by atoms with Crippen LogP contribution < -0.4 is 5.32 Å². The average Bonchev–Trinajstić information content (AvgIpc) is 2.36. The van der Waals surface area contributed by atoms with Gasteiger partial charge in [0.25, 0.3) is 0 Å². The Balaban J connectivity index is 2.70. The molecule has 0 radical (unpaired) electrons. The molecule has 0 aromatic heterocycles. The van der Waals surface area contributed by atoms with E-state index >= 15 is 0 Å². The van der Waals surface area contributed by atoms with Crippen LogP contribution in [0.25, 0.3) is 0 Å². The molecule has 0 saturated carbocycles. The number of benzene rings is 1. The van der Waals surface area contributed by atoms with Crippen molar-refractivity contribution >= 4 is 0 Å². The first-order chi connectivity index (χ1) is 9.76. The predicted octanol–water partition coefficient (Wildman–Crippen LogP) is 3.53. The SMILES string of the molecule is CCNC(COCC(F)(F)C(F)F)c1cc(F)cc(F)c1. The van der Waals surface area contributed by atoms with E-state index in [-0.39, 0.29) is 5.56 Å². The van der Waals surface area contributed by atoms with E-state index in [1.165, 1.54) is 0 Å². The molecule has 1 atom stereocenters. The lowest BCUT2D eigenvalue weighted by Crippen LogP contribution is -2.34. The molecule has 1 N–H and O–H groups in total. The molecule has 0 aliphatic carbocycles. The third kappa shape index (κ3) is 5.55. The predicted molar refractivity (Wildman–Crippen MR) is 64.5 cm³/mol. The molecule has 8 heteroatoms. The number of ether oxygens (including phenoxy) is 1. The zero-order valence-corrected chi connectivity index (χ0v) is 11.2. The number of hydrogen-bond donors (Lipinski definition) is 1. The van der Waals surface area contributed by atoms with Gasteiger partial charge in [0, 0.05) is 6.07 Å². The maximum atomic E-state index is 13.1. The molecule has 120 valence electrons. The average molecular weight is 315 g/mol. The Labute approximate surface area is 118 Å². The monoisotopic (exact) mass is 315 g/mol. The summed E-state index contributed by atoms with van der Waals surface area (Å²) in [5.41, 5.74) is 0.148. The van der Waals surface area contributed by atoms with Crippen molar-refractivity contribution in [2.45, 2.75) is 25.3 Å². The van der Waals surface area contributed by atoms with Crippen molar-refractivity contribution in [1.29, 1.82) is 0 Å². The fourth-order valence-electron chi connectivity index (χ4n) is 1.67. The van der Waals surface area contributed by atoms with Crippen LogP contribution in [0.5, 0.6) is 0 Å². The lowest BCUT2D eigenvalue weighted by molar-refractivity contribution is -0.167. The van der Waals surface area contributed by atoms with Gasteiger partial charge in [-0.05, 0) is 24.2 Å². The van der Waals surface area contributed by atoms with Gasteiger partial charge in [0.2, 0.25) is 0 Å². The van der Waals surface area contributed by atoms with Crippen molar-refractivity contribution in [2.24, 2.45) is 0 Å². The minimum atomic E-state index is -4.26. The zero-order valence-electron chi connectivity index (χ0n) is 11.2. The number of likely N-dealkylation sites (N-methyl/N-ethyl adjacent to an activating group) is 1. The first kappa shape index (κ1) is 17.8. The fourth-order valence-corrected chi connectivity index (χ4v) is 1.67. The summed E-state index contributed by atoms with van der Waals surface area (Å²) in [5, 5.41) is 2.78. The quantitative estimate of drug-likeness (QED) is 0.741. The van der Waals surface area contributed by atoms with E-state index in [9.17, 15) is 26.3 Å². The lowest BCUT2D eigenvalue weighted by atomic mass is 10.1. The molecule has 0 fully saturated rings. The van der Waals surface area contributed by atoms with Crippen LogP contribution in [0.1, 0.15) is 18.5 Å². The number of rotatable bonds is 8. The highest BCUT2D eigenvalue weighted by Gasteiger charge is 2.41. The molecule has 1 aromatic rings. The molecule has 0 spiro atoms.